The molecule has 2 amide bonds. The van der Waals surface area contributed by atoms with E-state index in [0.717, 1.165) is 16.8 Å². The summed E-state index contributed by atoms with van der Waals surface area (Å²) in [5.41, 5.74) is 3.29. The molecule has 0 fully saturated rings. The van der Waals surface area contributed by atoms with Gasteiger partial charge in [0.25, 0.3) is 5.91 Å². The molecule has 0 aliphatic rings. The second kappa shape index (κ2) is 9.07. The van der Waals surface area contributed by atoms with Crippen LogP contribution in [0.1, 0.15) is 28.4 Å². The number of carbonyl (C=O) groups is 2. The zero-order valence-corrected chi connectivity index (χ0v) is 16.5. The molecular formula is C21H26N2O4. The van der Waals surface area contributed by atoms with Gasteiger partial charge < -0.3 is 19.7 Å². The molecule has 2 rings (SSSR count). The van der Waals surface area contributed by atoms with Crippen LogP contribution < -0.4 is 14.8 Å². The average molecular weight is 370 g/mol. The summed E-state index contributed by atoms with van der Waals surface area (Å²) in [4.78, 5) is 26.4. The van der Waals surface area contributed by atoms with Gasteiger partial charge in [-0.05, 0) is 56.2 Å². The van der Waals surface area contributed by atoms with E-state index in [-0.39, 0.29) is 18.4 Å². The van der Waals surface area contributed by atoms with E-state index in [1.807, 2.05) is 39.0 Å². The van der Waals surface area contributed by atoms with Gasteiger partial charge in [0.05, 0.1) is 20.3 Å². The van der Waals surface area contributed by atoms with Crippen LogP contribution in [0.4, 0.5) is 5.69 Å². The lowest BCUT2D eigenvalue weighted by Crippen LogP contribution is -2.35. The molecule has 0 atom stereocenters. The highest BCUT2D eigenvalue weighted by molar-refractivity contribution is 5.99. The van der Waals surface area contributed by atoms with E-state index in [1.165, 1.54) is 4.90 Å². The summed E-state index contributed by atoms with van der Waals surface area (Å²) in [6.45, 7) is 6.20. The molecule has 0 saturated carbocycles. The van der Waals surface area contributed by atoms with Gasteiger partial charge in [-0.3, -0.25) is 9.59 Å². The third-order valence-electron chi connectivity index (χ3n) is 4.32. The smallest absolute Gasteiger partial charge is 0.254 e. The largest absolute Gasteiger partial charge is 0.493 e. The first-order valence-corrected chi connectivity index (χ1v) is 8.79. The Labute approximate surface area is 160 Å². The molecule has 0 heterocycles. The lowest BCUT2D eigenvalue weighted by atomic mass is 10.1. The van der Waals surface area contributed by atoms with E-state index in [4.69, 9.17) is 9.47 Å². The summed E-state index contributed by atoms with van der Waals surface area (Å²) in [6.07, 6.45) is 0. The molecule has 0 aromatic heterocycles. The Hall–Kier alpha value is -3.02. The van der Waals surface area contributed by atoms with E-state index in [2.05, 4.69) is 5.32 Å². The Morgan fingerprint density at radius 3 is 2.52 bits per heavy atom. The minimum atomic E-state index is -0.269. The molecule has 1 N–H and O–H groups in total. The highest BCUT2D eigenvalue weighted by Crippen LogP contribution is 2.28. The molecule has 6 heteroatoms. The molecule has 6 nitrogen and oxygen atoms in total. The molecule has 0 unspecified atom stereocenters. The molecule has 0 radical (unpaired) electrons. The van der Waals surface area contributed by atoms with Crippen LogP contribution in [0, 0.1) is 13.8 Å². The number of nitrogens with one attached hydrogen (secondary N) is 1. The zero-order chi connectivity index (χ0) is 20.0. The number of hydrogen-bond acceptors (Lipinski definition) is 4. The van der Waals surface area contributed by atoms with Crippen molar-refractivity contribution in [3.63, 3.8) is 0 Å². The first-order chi connectivity index (χ1) is 12.9. The topological polar surface area (TPSA) is 67.9 Å². The highest BCUT2D eigenvalue weighted by Gasteiger charge is 2.18. The average Bonchev–Trinajstić information content (AvgIpc) is 2.65. The fraction of sp³-hybridized carbons (Fsp3) is 0.333. The molecule has 0 bridgehead atoms. The fourth-order valence-corrected chi connectivity index (χ4v) is 2.66. The Kier molecular flexibility index (Phi) is 6.82. The van der Waals surface area contributed by atoms with Crippen LogP contribution in [0.15, 0.2) is 36.4 Å². The van der Waals surface area contributed by atoms with Crippen molar-refractivity contribution < 1.29 is 19.1 Å². The number of ether oxygens (including phenoxy) is 2. The number of anilines is 1. The van der Waals surface area contributed by atoms with Crippen molar-refractivity contribution in [2.45, 2.75) is 20.8 Å². The Balaban J connectivity index is 2.07. The van der Waals surface area contributed by atoms with Gasteiger partial charge in [-0.1, -0.05) is 12.1 Å². The van der Waals surface area contributed by atoms with Crippen LogP contribution in [0.25, 0.3) is 0 Å². The number of hydrogen-bond donors (Lipinski definition) is 1. The third kappa shape index (κ3) is 5.00. The SMILES string of the molecule is CCOc1cc(C(=O)N(C)CC(=O)Nc2cccc(C)c2C)ccc1OC. The van der Waals surface area contributed by atoms with Gasteiger partial charge in [0.15, 0.2) is 11.5 Å². The maximum Gasteiger partial charge on any atom is 0.254 e. The Bertz CT molecular complexity index is 833. The zero-order valence-electron chi connectivity index (χ0n) is 16.5. The summed E-state index contributed by atoms with van der Waals surface area (Å²) in [6, 6.07) is 10.7. The number of methoxy groups -OCH3 is 1. The summed E-state index contributed by atoms with van der Waals surface area (Å²) < 4.78 is 10.7. The fourth-order valence-electron chi connectivity index (χ4n) is 2.66. The van der Waals surface area contributed by atoms with Crippen molar-refractivity contribution in [1.82, 2.24) is 4.90 Å². The minimum absolute atomic E-state index is 0.0534. The van der Waals surface area contributed by atoms with Crippen LogP contribution in [0.5, 0.6) is 11.5 Å². The second-order valence-electron chi connectivity index (χ2n) is 6.26. The molecular weight excluding hydrogens is 344 g/mol. The van der Waals surface area contributed by atoms with E-state index in [1.54, 1.807) is 32.4 Å². The van der Waals surface area contributed by atoms with Crippen molar-refractivity contribution in [1.29, 1.82) is 0 Å². The lowest BCUT2D eigenvalue weighted by Gasteiger charge is -2.18. The van der Waals surface area contributed by atoms with Crippen LogP contribution >= 0.6 is 0 Å². The minimum Gasteiger partial charge on any atom is -0.493 e. The summed E-state index contributed by atoms with van der Waals surface area (Å²) in [7, 11) is 3.14. The number of aryl methyl sites for hydroxylation is 1. The number of carbonyl (C=O) groups excluding carboxylic acids is 2. The number of likely N-dealkylation sites (N-methyl/N-ethyl adjacent to an activating group) is 1. The van der Waals surface area contributed by atoms with Crippen LogP contribution in [0.2, 0.25) is 0 Å². The normalized spacial score (nSPS) is 10.3. The van der Waals surface area contributed by atoms with Crippen molar-refractivity contribution in [2.75, 3.05) is 32.6 Å². The number of benzene rings is 2. The first kappa shape index (κ1) is 20.3. The summed E-state index contributed by atoms with van der Waals surface area (Å²) in [5.74, 6) is 0.538. The van der Waals surface area contributed by atoms with E-state index < -0.39 is 0 Å². The second-order valence-corrected chi connectivity index (χ2v) is 6.26. The highest BCUT2D eigenvalue weighted by atomic mass is 16.5. The Morgan fingerprint density at radius 1 is 1.11 bits per heavy atom. The van der Waals surface area contributed by atoms with E-state index in [9.17, 15) is 9.59 Å². The van der Waals surface area contributed by atoms with Gasteiger partial charge in [-0.25, -0.2) is 0 Å². The molecule has 2 aromatic rings. The number of nitrogens with zero attached hydrogens (tertiary/aromatic N) is 1. The van der Waals surface area contributed by atoms with Gasteiger partial charge in [-0.2, -0.15) is 0 Å². The van der Waals surface area contributed by atoms with E-state index >= 15 is 0 Å². The molecule has 0 aliphatic heterocycles. The molecule has 2 aromatic carbocycles. The molecule has 144 valence electrons. The van der Waals surface area contributed by atoms with Crippen LogP contribution in [0.3, 0.4) is 0 Å². The van der Waals surface area contributed by atoms with Crippen molar-refractivity contribution >= 4 is 17.5 Å². The summed E-state index contributed by atoms with van der Waals surface area (Å²) >= 11 is 0. The van der Waals surface area contributed by atoms with Gasteiger partial charge >= 0.3 is 0 Å². The maximum absolute atomic E-state index is 12.7. The van der Waals surface area contributed by atoms with Crippen molar-refractivity contribution in [3.8, 4) is 11.5 Å². The van der Waals surface area contributed by atoms with Gasteiger partial charge in [-0.15, -0.1) is 0 Å². The monoisotopic (exact) mass is 370 g/mol. The first-order valence-electron chi connectivity index (χ1n) is 8.79. The van der Waals surface area contributed by atoms with Crippen molar-refractivity contribution in [2.24, 2.45) is 0 Å². The predicted octanol–water partition coefficient (Wildman–Crippen LogP) is 3.42. The Morgan fingerprint density at radius 2 is 1.85 bits per heavy atom. The van der Waals surface area contributed by atoms with E-state index in [0.29, 0.717) is 23.7 Å². The van der Waals surface area contributed by atoms with Crippen LogP contribution in [-0.4, -0.2) is 44.0 Å². The van der Waals surface area contributed by atoms with Gasteiger partial charge in [0.2, 0.25) is 5.91 Å². The molecule has 27 heavy (non-hydrogen) atoms. The van der Waals surface area contributed by atoms with Gasteiger partial charge in [0.1, 0.15) is 0 Å². The standard InChI is InChI=1S/C21H26N2O4/c1-6-27-19-12-16(10-11-18(19)26-5)21(25)23(4)13-20(24)22-17-9-7-8-14(2)15(17)3/h7-12H,6,13H2,1-5H3,(H,22,24). The number of rotatable bonds is 7. The molecule has 0 saturated heterocycles. The maximum atomic E-state index is 12.7. The molecule has 0 aliphatic carbocycles. The quantitative estimate of drug-likeness (QED) is 0.811. The lowest BCUT2D eigenvalue weighted by molar-refractivity contribution is -0.116. The summed E-state index contributed by atoms with van der Waals surface area (Å²) in [5, 5.41) is 2.86. The molecule has 0 spiro atoms. The van der Waals surface area contributed by atoms with Crippen LogP contribution in [-0.2, 0) is 4.79 Å². The predicted molar refractivity (Wildman–Crippen MR) is 106 cm³/mol. The third-order valence-corrected chi connectivity index (χ3v) is 4.32. The van der Waals surface area contributed by atoms with Crippen molar-refractivity contribution in [3.05, 3.63) is 53.1 Å². The van der Waals surface area contributed by atoms with Gasteiger partial charge in [0, 0.05) is 18.3 Å². The number of amides is 2.